The maximum atomic E-state index is 6.28. The number of rotatable bonds is 2. The standard InChI is InChI=1S/C15H11ClO2/c16-13(12-4-2-1-3-5-12)8-11-6-7-14-15(9-11)18-10-17-14/h1-9H,10H2. The Hall–Kier alpha value is -1.93. The Kier molecular flexibility index (Phi) is 2.95. The van der Waals surface area contributed by atoms with Crippen molar-refractivity contribution in [2.75, 3.05) is 6.79 Å². The van der Waals surface area contributed by atoms with Crippen LogP contribution in [0.2, 0.25) is 0 Å². The van der Waals surface area contributed by atoms with Gasteiger partial charge in [-0.25, -0.2) is 0 Å². The summed E-state index contributed by atoms with van der Waals surface area (Å²) in [6.07, 6.45) is 1.92. The quantitative estimate of drug-likeness (QED) is 0.754. The van der Waals surface area contributed by atoms with Gasteiger partial charge in [-0.2, -0.15) is 0 Å². The number of benzene rings is 2. The van der Waals surface area contributed by atoms with Crippen LogP contribution in [0.5, 0.6) is 11.5 Å². The van der Waals surface area contributed by atoms with Crippen LogP contribution in [0, 0.1) is 0 Å². The third kappa shape index (κ3) is 2.20. The molecule has 1 aliphatic heterocycles. The van der Waals surface area contributed by atoms with E-state index >= 15 is 0 Å². The van der Waals surface area contributed by atoms with Crippen LogP contribution >= 0.6 is 11.6 Å². The van der Waals surface area contributed by atoms with Gasteiger partial charge in [0.05, 0.1) is 0 Å². The molecular formula is C15H11ClO2. The minimum absolute atomic E-state index is 0.287. The van der Waals surface area contributed by atoms with Gasteiger partial charge in [-0.1, -0.05) is 48.0 Å². The van der Waals surface area contributed by atoms with Crippen LogP contribution in [0.3, 0.4) is 0 Å². The van der Waals surface area contributed by atoms with Crippen LogP contribution in [0.25, 0.3) is 11.1 Å². The van der Waals surface area contributed by atoms with Crippen LogP contribution in [0.15, 0.2) is 48.5 Å². The maximum absolute atomic E-state index is 6.28. The van der Waals surface area contributed by atoms with Gasteiger partial charge in [0.2, 0.25) is 6.79 Å². The monoisotopic (exact) mass is 258 g/mol. The van der Waals surface area contributed by atoms with E-state index in [4.69, 9.17) is 21.1 Å². The molecule has 0 unspecified atom stereocenters. The third-order valence-corrected chi connectivity index (χ3v) is 3.07. The highest BCUT2D eigenvalue weighted by molar-refractivity contribution is 6.51. The summed E-state index contributed by atoms with van der Waals surface area (Å²) < 4.78 is 10.6. The summed E-state index contributed by atoms with van der Waals surface area (Å²) in [6.45, 7) is 0.287. The van der Waals surface area contributed by atoms with Crippen LogP contribution < -0.4 is 9.47 Å². The van der Waals surface area contributed by atoms with E-state index in [9.17, 15) is 0 Å². The summed E-state index contributed by atoms with van der Waals surface area (Å²) in [6, 6.07) is 15.6. The third-order valence-electron chi connectivity index (χ3n) is 2.74. The molecule has 3 heteroatoms. The van der Waals surface area contributed by atoms with Crippen LogP contribution in [-0.4, -0.2) is 6.79 Å². The van der Waals surface area contributed by atoms with Gasteiger partial charge < -0.3 is 9.47 Å². The molecule has 0 aliphatic carbocycles. The lowest BCUT2D eigenvalue weighted by Gasteiger charge is -2.01. The van der Waals surface area contributed by atoms with Crippen molar-refractivity contribution in [3.05, 3.63) is 59.7 Å². The van der Waals surface area contributed by atoms with E-state index in [1.54, 1.807) is 0 Å². The molecule has 3 rings (SSSR count). The zero-order valence-electron chi connectivity index (χ0n) is 9.60. The minimum Gasteiger partial charge on any atom is -0.454 e. The first kappa shape index (κ1) is 11.2. The van der Waals surface area contributed by atoms with Crippen molar-refractivity contribution in [1.29, 1.82) is 0 Å². The second-order valence-electron chi connectivity index (χ2n) is 3.97. The zero-order chi connectivity index (χ0) is 12.4. The Morgan fingerprint density at radius 1 is 1.00 bits per heavy atom. The maximum Gasteiger partial charge on any atom is 0.231 e. The Labute approximate surface area is 110 Å². The lowest BCUT2D eigenvalue weighted by atomic mass is 10.1. The number of ether oxygens (including phenoxy) is 2. The fraction of sp³-hybridized carbons (Fsp3) is 0.0667. The molecular weight excluding hydrogens is 248 g/mol. The Morgan fingerprint density at radius 2 is 1.78 bits per heavy atom. The summed E-state index contributed by atoms with van der Waals surface area (Å²) in [4.78, 5) is 0. The Balaban J connectivity index is 1.92. The predicted molar refractivity (Wildman–Crippen MR) is 72.7 cm³/mol. The molecule has 18 heavy (non-hydrogen) atoms. The van der Waals surface area contributed by atoms with Crippen molar-refractivity contribution in [2.45, 2.75) is 0 Å². The van der Waals surface area contributed by atoms with Crippen LogP contribution in [0.4, 0.5) is 0 Å². The molecule has 0 fully saturated rings. The molecule has 2 aromatic rings. The second kappa shape index (κ2) is 4.75. The summed E-state index contributed by atoms with van der Waals surface area (Å²) in [7, 11) is 0. The molecule has 0 spiro atoms. The van der Waals surface area contributed by atoms with Crippen molar-refractivity contribution >= 4 is 22.7 Å². The predicted octanol–water partition coefficient (Wildman–Crippen LogP) is 4.15. The van der Waals surface area contributed by atoms with E-state index in [0.717, 1.165) is 22.6 Å². The van der Waals surface area contributed by atoms with Gasteiger partial charge in [-0.15, -0.1) is 0 Å². The fourth-order valence-corrected chi connectivity index (χ4v) is 2.08. The van der Waals surface area contributed by atoms with Crippen molar-refractivity contribution in [3.63, 3.8) is 0 Å². The van der Waals surface area contributed by atoms with Crippen LogP contribution in [0.1, 0.15) is 11.1 Å². The highest BCUT2D eigenvalue weighted by Crippen LogP contribution is 2.34. The van der Waals surface area contributed by atoms with E-state index in [-0.39, 0.29) is 6.79 Å². The van der Waals surface area contributed by atoms with Gasteiger partial charge in [0.1, 0.15) is 0 Å². The van der Waals surface area contributed by atoms with Crippen molar-refractivity contribution < 1.29 is 9.47 Å². The smallest absolute Gasteiger partial charge is 0.231 e. The molecule has 0 saturated carbocycles. The SMILES string of the molecule is ClC(=Cc1ccc2c(c1)OCO2)c1ccccc1. The van der Waals surface area contributed by atoms with E-state index in [1.807, 2.05) is 54.6 Å². The summed E-state index contributed by atoms with van der Waals surface area (Å²) in [5.41, 5.74) is 1.99. The fourth-order valence-electron chi connectivity index (χ4n) is 1.83. The molecule has 90 valence electrons. The molecule has 0 aromatic heterocycles. The molecule has 0 radical (unpaired) electrons. The normalized spacial score (nSPS) is 13.7. The molecule has 0 bridgehead atoms. The average Bonchev–Trinajstić information content (AvgIpc) is 2.87. The molecule has 0 atom stereocenters. The highest BCUT2D eigenvalue weighted by atomic mass is 35.5. The summed E-state index contributed by atoms with van der Waals surface area (Å²) in [5.74, 6) is 1.55. The van der Waals surface area contributed by atoms with Crippen molar-refractivity contribution in [2.24, 2.45) is 0 Å². The largest absolute Gasteiger partial charge is 0.454 e. The highest BCUT2D eigenvalue weighted by Gasteiger charge is 2.12. The zero-order valence-corrected chi connectivity index (χ0v) is 10.4. The van der Waals surface area contributed by atoms with E-state index in [0.29, 0.717) is 5.03 Å². The van der Waals surface area contributed by atoms with Gasteiger partial charge in [0, 0.05) is 5.03 Å². The van der Waals surface area contributed by atoms with Crippen LogP contribution in [-0.2, 0) is 0 Å². The molecule has 2 aromatic carbocycles. The number of halogens is 1. The van der Waals surface area contributed by atoms with Gasteiger partial charge in [0.25, 0.3) is 0 Å². The molecule has 2 nitrogen and oxygen atoms in total. The van der Waals surface area contributed by atoms with E-state index in [2.05, 4.69) is 0 Å². The Bertz CT molecular complexity index is 591. The van der Waals surface area contributed by atoms with E-state index in [1.165, 1.54) is 0 Å². The summed E-state index contributed by atoms with van der Waals surface area (Å²) >= 11 is 6.28. The number of hydrogen-bond donors (Lipinski definition) is 0. The first-order valence-corrected chi connectivity index (χ1v) is 6.03. The number of hydrogen-bond acceptors (Lipinski definition) is 2. The van der Waals surface area contributed by atoms with Gasteiger partial charge in [-0.3, -0.25) is 0 Å². The molecule has 0 amide bonds. The minimum atomic E-state index is 0.287. The Morgan fingerprint density at radius 3 is 2.61 bits per heavy atom. The van der Waals surface area contributed by atoms with Crippen molar-refractivity contribution in [3.8, 4) is 11.5 Å². The van der Waals surface area contributed by atoms with Gasteiger partial charge in [0.15, 0.2) is 11.5 Å². The topological polar surface area (TPSA) is 18.5 Å². The van der Waals surface area contributed by atoms with Crippen molar-refractivity contribution in [1.82, 2.24) is 0 Å². The lowest BCUT2D eigenvalue weighted by Crippen LogP contribution is -1.92. The number of fused-ring (bicyclic) bond motifs is 1. The molecule has 1 heterocycles. The second-order valence-corrected chi connectivity index (χ2v) is 4.38. The first-order chi connectivity index (χ1) is 8.83. The first-order valence-electron chi connectivity index (χ1n) is 5.65. The lowest BCUT2D eigenvalue weighted by molar-refractivity contribution is 0.174. The van der Waals surface area contributed by atoms with E-state index < -0.39 is 0 Å². The van der Waals surface area contributed by atoms with Gasteiger partial charge >= 0.3 is 0 Å². The molecule has 0 N–H and O–H groups in total. The molecule has 0 saturated heterocycles. The van der Waals surface area contributed by atoms with Gasteiger partial charge in [-0.05, 0) is 29.3 Å². The average molecular weight is 259 g/mol. The molecule has 1 aliphatic rings. The summed E-state index contributed by atoms with van der Waals surface area (Å²) in [5, 5.41) is 0.703.